The van der Waals surface area contributed by atoms with Crippen LogP contribution in [0.15, 0.2) is 30.3 Å². The van der Waals surface area contributed by atoms with Gasteiger partial charge in [0.15, 0.2) is 5.65 Å². The minimum absolute atomic E-state index is 0.0738. The number of nitrogens with one attached hydrogen (secondary N) is 1. The van der Waals surface area contributed by atoms with Gasteiger partial charge in [-0.3, -0.25) is 9.52 Å². The van der Waals surface area contributed by atoms with E-state index in [-0.39, 0.29) is 29.3 Å². The number of carbonyl (C=O) groups is 1. The zero-order valence-electron chi connectivity index (χ0n) is 20.5. The predicted octanol–water partition coefficient (Wildman–Crippen LogP) is 4.00. The Morgan fingerprint density at radius 3 is 2.73 bits per heavy atom. The lowest BCUT2D eigenvalue weighted by atomic mass is 9.98. The number of aromatic nitrogens is 3. The van der Waals surface area contributed by atoms with Gasteiger partial charge in [0, 0.05) is 36.8 Å². The van der Waals surface area contributed by atoms with Crippen molar-refractivity contribution in [2.24, 2.45) is 0 Å². The van der Waals surface area contributed by atoms with E-state index < -0.39 is 10.0 Å². The molecule has 0 aliphatic carbocycles. The number of nitrogens with zero attached hydrogens (tertiary/aromatic N) is 5. The summed E-state index contributed by atoms with van der Waals surface area (Å²) in [7, 11) is -3.60. The Kier molecular flexibility index (Phi) is 7.23. The number of hydrogen-bond donors (Lipinski definition) is 1. The first-order valence-corrected chi connectivity index (χ1v) is 14.7. The number of amides is 1. The molecule has 0 unspecified atom stereocenters. The summed E-state index contributed by atoms with van der Waals surface area (Å²) in [6.45, 7) is 4.53. The second kappa shape index (κ2) is 10.3. The number of piperidine rings is 1. The smallest absolute Gasteiger partial charge is 0.256 e. The van der Waals surface area contributed by atoms with Crippen molar-refractivity contribution in [1.82, 2.24) is 19.5 Å². The Labute approximate surface area is 225 Å². The van der Waals surface area contributed by atoms with E-state index in [2.05, 4.69) is 14.6 Å². The fourth-order valence-electron chi connectivity index (χ4n) is 4.98. The molecule has 10 nitrogen and oxygen atoms in total. The van der Waals surface area contributed by atoms with E-state index in [1.807, 2.05) is 13.0 Å². The fraction of sp³-hybridized carbons (Fsp3) is 0.458. The summed E-state index contributed by atoms with van der Waals surface area (Å²) in [4.78, 5) is 22.2. The van der Waals surface area contributed by atoms with Gasteiger partial charge in [-0.1, -0.05) is 23.2 Å². The number of hydrogen-bond acceptors (Lipinski definition) is 7. The van der Waals surface area contributed by atoms with Crippen molar-refractivity contribution in [3.63, 3.8) is 0 Å². The first-order valence-electron chi connectivity index (χ1n) is 12.1. The number of carbonyl (C=O) groups excluding carboxylic acids is 1. The minimum Gasteiger partial charge on any atom is -0.375 e. The molecule has 5 rings (SSSR count). The van der Waals surface area contributed by atoms with Gasteiger partial charge < -0.3 is 14.5 Å². The lowest BCUT2D eigenvalue weighted by Gasteiger charge is -2.35. The Balaban J connectivity index is 1.52. The molecule has 37 heavy (non-hydrogen) atoms. The van der Waals surface area contributed by atoms with Crippen LogP contribution in [0, 0.1) is 0 Å². The third-order valence-electron chi connectivity index (χ3n) is 6.57. The molecule has 0 bridgehead atoms. The van der Waals surface area contributed by atoms with Crippen molar-refractivity contribution in [2.45, 2.75) is 38.3 Å². The predicted molar refractivity (Wildman–Crippen MR) is 143 cm³/mol. The summed E-state index contributed by atoms with van der Waals surface area (Å²) >= 11 is 12.6. The Morgan fingerprint density at radius 2 is 1.97 bits per heavy atom. The molecular weight excluding hydrogens is 539 g/mol. The Hall–Kier alpha value is -2.60. The monoisotopic (exact) mass is 566 g/mol. The third-order valence-corrected chi connectivity index (χ3v) is 7.59. The van der Waals surface area contributed by atoms with Gasteiger partial charge in [-0.05, 0) is 44.4 Å². The minimum atomic E-state index is -3.60. The van der Waals surface area contributed by atoms with Crippen molar-refractivity contribution < 1.29 is 17.9 Å². The number of benzene rings is 1. The molecule has 1 amide bonds. The van der Waals surface area contributed by atoms with Gasteiger partial charge in [-0.25, -0.2) is 13.4 Å². The molecule has 1 N–H and O–H groups in total. The number of morpholine rings is 1. The molecule has 2 fully saturated rings. The van der Waals surface area contributed by atoms with Crippen LogP contribution in [0.1, 0.15) is 48.3 Å². The summed E-state index contributed by atoms with van der Waals surface area (Å²) in [6, 6.07) is 7.88. The van der Waals surface area contributed by atoms with Crippen molar-refractivity contribution in [3.05, 3.63) is 51.8 Å². The number of likely N-dealkylation sites (tertiary alicyclic amines) is 1. The molecule has 0 spiro atoms. The van der Waals surface area contributed by atoms with Crippen LogP contribution in [0.4, 0.5) is 11.5 Å². The van der Waals surface area contributed by atoms with Crippen LogP contribution in [0.5, 0.6) is 0 Å². The summed E-state index contributed by atoms with van der Waals surface area (Å²) in [5, 5.41) is 5.59. The summed E-state index contributed by atoms with van der Waals surface area (Å²) < 4.78 is 33.7. The van der Waals surface area contributed by atoms with Gasteiger partial charge in [-0.15, -0.1) is 0 Å². The summed E-state index contributed by atoms with van der Waals surface area (Å²) in [5.41, 5.74) is 1.67. The second-order valence-electron chi connectivity index (χ2n) is 9.48. The van der Waals surface area contributed by atoms with Gasteiger partial charge in [0.2, 0.25) is 10.0 Å². The molecule has 2 saturated heterocycles. The fourth-order valence-corrected chi connectivity index (χ4v) is 5.91. The van der Waals surface area contributed by atoms with Gasteiger partial charge >= 0.3 is 0 Å². The number of halogens is 2. The van der Waals surface area contributed by atoms with E-state index >= 15 is 0 Å². The van der Waals surface area contributed by atoms with Crippen molar-refractivity contribution >= 4 is 56.3 Å². The quantitative estimate of drug-likeness (QED) is 0.465. The molecule has 0 radical (unpaired) electrons. The van der Waals surface area contributed by atoms with Crippen LogP contribution in [0.3, 0.4) is 0 Å². The SMILES string of the molecule is C[C@H]1CN(c2cc(Cl)nc3cc([C@@H]4CCCCN4C(=O)c4cc(Cl)ccc4NS(C)(=O)=O)nn23)CCO1. The van der Waals surface area contributed by atoms with E-state index in [0.29, 0.717) is 54.2 Å². The zero-order chi connectivity index (χ0) is 26.3. The third kappa shape index (κ3) is 5.64. The number of anilines is 2. The van der Waals surface area contributed by atoms with Crippen LogP contribution < -0.4 is 9.62 Å². The molecule has 1 aromatic carbocycles. The van der Waals surface area contributed by atoms with E-state index in [9.17, 15) is 13.2 Å². The molecule has 3 aromatic rings. The summed E-state index contributed by atoms with van der Waals surface area (Å²) in [5.74, 6) is 0.503. The summed E-state index contributed by atoms with van der Waals surface area (Å²) in [6.07, 6.45) is 3.58. The maximum atomic E-state index is 13.8. The number of ether oxygens (including phenoxy) is 1. The van der Waals surface area contributed by atoms with Crippen LogP contribution in [-0.2, 0) is 14.8 Å². The highest BCUT2D eigenvalue weighted by atomic mass is 35.5. The number of fused-ring (bicyclic) bond motifs is 1. The van der Waals surface area contributed by atoms with Gasteiger partial charge in [-0.2, -0.15) is 9.61 Å². The topological polar surface area (TPSA) is 109 Å². The Bertz CT molecular complexity index is 1450. The van der Waals surface area contributed by atoms with E-state index in [1.54, 1.807) is 21.5 Å². The van der Waals surface area contributed by atoms with Crippen LogP contribution in [0.25, 0.3) is 5.65 Å². The van der Waals surface area contributed by atoms with Gasteiger partial charge in [0.05, 0.1) is 42.0 Å². The van der Waals surface area contributed by atoms with Gasteiger partial charge in [0.25, 0.3) is 5.91 Å². The number of sulfonamides is 1. The molecule has 13 heteroatoms. The van der Waals surface area contributed by atoms with E-state index in [1.165, 1.54) is 12.1 Å². The lowest BCUT2D eigenvalue weighted by Crippen LogP contribution is -2.42. The molecule has 4 heterocycles. The largest absolute Gasteiger partial charge is 0.375 e. The Morgan fingerprint density at radius 1 is 1.16 bits per heavy atom. The highest BCUT2D eigenvalue weighted by Crippen LogP contribution is 2.35. The normalized spacial score (nSPS) is 20.9. The van der Waals surface area contributed by atoms with E-state index in [4.69, 9.17) is 33.0 Å². The highest BCUT2D eigenvalue weighted by molar-refractivity contribution is 7.92. The van der Waals surface area contributed by atoms with Crippen LogP contribution in [0.2, 0.25) is 10.2 Å². The van der Waals surface area contributed by atoms with Crippen molar-refractivity contribution in [3.8, 4) is 0 Å². The average Bonchev–Trinajstić information content (AvgIpc) is 3.27. The van der Waals surface area contributed by atoms with Crippen LogP contribution >= 0.6 is 23.2 Å². The standard InChI is InChI=1S/C24H28Cl2N6O4S/c1-15-14-30(9-10-36-15)23-13-21(26)27-22-12-19(28-32(22)23)20-5-3-4-8-31(20)24(33)17-11-16(25)6-7-18(17)29-37(2,34)35/h6-7,11-13,15,20,29H,3-5,8-10,14H2,1-2H3/t15-,20-/m0/s1. The molecule has 2 atom stereocenters. The zero-order valence-corrected chi connectivity index (χ0v) is 22.9. The van der Waals surface area contributed by atoms with Gasteiger partial charge in [0.1, 0.15) is 11.0 Å². The molecule has 2 aromatic heterocycles. The second-order valence-corrected chi connectivity index (χ2v) is 12.1. The first-order chi connectivity index (χ1) is 17.6. The highest BCUT2D eigenvalue weighted by Gasteiger charge is 2.33. The first kappa shape index (κ1) is 26.0. The van der Waals surface area contributed by atoms with E-state index in [0.717, 1.165) is 24.9 Å². The lowest BCUT2D eigenvalue weighted by molar-refractivity contribution is 0.0527. The molecular formula is C24H28Cl2N6O4S. The molecule has 198 valence electrons. The van der Waals surface area contributed by atoms with Crippen molar-refractivity contribution in [1.29, 1.82) is 0 Å². The maximum Gasteiger partial charge on any atom is 0.256 e. The average molecular weight is 567 g/mol. The van der Waals surface area contributed by atoms with Crippen molar-refractivity contribution in [2.75, 3.05) is 42.1 Å². The number of rotatable bonds is 5. The maximum absolute atomic E-state index is 13.8. The molecule has 0 saturated carbocycles. The molecule has 2 aliphatic rings. The molecule has 2 aliphatic heterocycles. The van der Waals surface area contributed by atoms with Crippen LogP contribution in [-0.4, -0.2) is 72.4 Å².